The van der Waals surface area contributed by atoms with E-state index < -0.39 is 11.8 Å². The van der Waals surface area contributed by atoms with Gasteiger partial charge in [-0.2, -0.15) is 0 Å². The van der Waals surface area contributed by atoms with Crippen molar-refractivity contribution in [3.63, 3.8) is 0 Å². The Morgan fingerprint density at radius 2 is 1.95 bits per heavy atom. The van der Waals surface area contributed by atoms with Crippen LogP contribution in [0, 0.1) is 0 Å². The zero-order chi connectivity index (χ0) is 14.5. The van der Waals surface area contributed by atoms with Gasteiger partial charge in [0.1, 0.15) is 0 Å². The average Bonchev–Trinajstić information content (AvgIpc) is 2.47. The number of pyridine rings is 1. The Kier molecular flexibility index (Phi) is 4.55. The molecule has 6 heteroatoms. The lowest BCUT2D eigenvalue weighted by atomic mass is 10.2. The first-order valence-corrected chi connectivity index (χ1v) is 6.86. The molecule has 108 valence electrons. The first kappa shape index (κ1) is 14.3. The number of nitrogens with one attached hydrogen (secondary N) is 1. The molecule has 20 heavy (non-hydrogen) atoms. The van der Waals surface area contributed by atoms with Crippen LogP contribution in [0.5, 0.6) is 0 Å². The monoisotopic (exact) mass is 276 g/mol. The molecule has 6 nitrogen and oxygen atoms in total. The van der Waals surface area contributed by atoms with E-state index in [9.17, 15) is 9.59 Å². The van der Waals surface area contributed by atoms with Gasteiger partial charge in [-0.15, -0.1) is 0 Å². The van der Waals surface area contributed by atoms with Crippen LogP contribution in [-0.2, 0) is 16.1 Å². The molecule has 0 saturated carbocycles. The van der Waals surface area contributed by atoms with Gasteiger partial charge in [0.05, 0.1) is 12.2 Å². The number of amides is 2. The Bertz CT molecular complexity index is 504. The zero-order valence-corrected chi connectivity index (χ0v) is 11.9. The number of anilines is 1. The summed E-state index contributed by atoms with van der Waals surface area (Å²) in [5, 5.41) is 3.03. The van der Waals surface area contributed by atoms with Crippen molar-refractivity contribution in [2.45, 2.75) is 19.9 Å². The van der Waals surface area contributed by atoms with Crippen molar-refractivity contribution in [1.29, 1.82) is 0 Å². The Morgan fingerprint density at radius 1 is 1.25 bits per heavy atom. The van der Waals surface area contributed by atoms with E-state index in [1.54, 1.807) is 16.0 Å². The van der Waals surface area contributed by atoms with Crippen molar-refractivity contribution in [2.75, 3.05) is 32.0 Å². The van der Waals surface area contributed by atoms with Crippen LogP contribution >= 0.6 is 0 Å². The first-order chi connectivity index (χ1) is 9.65. The predicted molar refractivity (Wildman–Crippen MR) is 76.1 cm³/mol. The SMILES string of the molecule is CCCN1CCN(Cc2cc(NC)ccn2)C(=O)C1=O. The van der Waals surface area contributed by atoms with Gasteiger partial charge in [-0.1, -0.05) is 6.92 Å². The van der Waals surface area contributed by atoms with E-state index >= 15 is 0 Å². The van der Waals surface area contributed by atoms with Gasteiger partial charge in [0.2, 0.25) is 0 Å². The van der Waals surface area contributed by atoms with Gasteiger partial charge in [-0.25, -0.2) is 0 Å². The molecule has 0 aromatic carbocycles. The number of carbonyl (C=O) groups is 2. The van der Waals surface area contributed by atoms with Crippen LogP contribution in [0.4, 0.5) is 5.69 Å². The van der Waals surface area contributed by atoms with Crippen molar-refractivity contribution >= 4 is 17.5 Å². The highest BCUT2D eigenvalue weighted by Crippen LogP contribution is 2.12. The maximum Gasteiger partial charge on any atom is 0.312 e. The standard InChI is InChI=1S/C14H20N4O2/c1-3-6-17-7-8-18(14(20)13(17)19)10-12-9-11(15-2)4-5-16-12/h4-5,9H,3,6-8,10H2,1-2H3,(H,15,16). The molecule has 1 aliphatic rings. The second kappa shape index (κ2) is 6.36. The second-order valence-electron chi connectivity index (χ2n) is 4.80. The van der Waals surface area contributed by atoms with Crippen LogP contribution < -0.4 is 5.32 Å². The summed E-state index contributed by atoms with van der Waals surface area (Å²) in [5.74, 6) is -0.829. The van der Waals surface area contributed by atoms with Crippen LogP contribution in [0.15, 0.2) is 18.3 Å². The minimum Gasteiger partial charge on any atom is -0.388 e. The number of piperazine rings is 1. The van der Waals surface area contributed by atoms with Gasteiger partial charge in [0, 0.05) is 38.6 Å². The molecule has 2 amide bonds. The van der Waals surface area contributed by atoms with E-state index in [-0.39, 0.29) is 0 Å². The van der Waals surface area contributed by atoms with Gasteiger partial charge in [-0.05, 0) is 18.6 Å². The van der Waals surface area contributed by atoms with Crippen molar-refractivity contribution in [3.05, 3.63) is 24.0 Å². The molecule has 0 radical (unpaired) electrons. The second-order valence-corrected chi connectivity index (χ2v) is 4.80. The topological polar surface area (TPSA) is 65.5 Å². The van der Waals surface area contributed by atoms with Gasteiger partial charge in [-0.3, -0.25) is 14.6 Å². The summed E-state index contributed by atoms with van der Waals surface area (Å²) < 4.78 is 0. The molecule has 0 atom stereocenters. The molecular formula is C14H20N4O2. The molecule has 1 aromatic rings. The van der Waals surface area contributed by atoms with Crippen LogP contribution in [0.25, 0.3) is 0 Å². The summed E-state index contributed by atoms with van der Waals surface area (Å²) in [4.78, 5) is 31.4. The summed E-state index contributed by atoms with van der Waals surface area (Å²) in [6.07, 6.45) is 2.56. The molecule has 1 fully saturated rings. The Hall–Kier alpha value is -2.11. The third-order valence-corrected chi connectivity index (χ3v) is 3.35. The minimum atomic E-state index is -0.429. The summed E-state index contributed by atoms with van der Waals surface area (Å²) in [7, 11) is 1.83. The van der Waals surface area contributed by atoms with Crippen molar-refractivity contribution < 1.29 is 9.59 Å². The highest BCUT2D eigenvalue weighted by Gasteiger charge is 2.31. The molecule has 2 rings (SSSR count). The molecule has 0 aliphatic carbocycles. The van der Waals surface area contributed by atoms with Crippen molar-refractivity contribution in [3.8, 4) is 0 Å². The number of carbonyl (C=O) groups excluding carboxylic acids is 2. The van der Waals surface area contributed by atoms with E-state index in [2.05, 4.69) is 10.3 Å². The number of nitrogens with zero attached hydrogens (tertiary/aromatic N) is 3. The average molecular weight is 276 g/mol. The summed E-state index contributed by atoms with van der Waals surface area (Å²) in [5.41, 5.74) is 1.72. The number of hydrogen-bond donors (Lipinski definition) is 1. The molecular weight excluding hydrogens is 256 g/mol. The maximum atomic E-state index is 12.1. The Morgan fingerprint density at radius 3 is 2.65 bits per heavy atom. The number of hydrogen-bond acceptors (Lipinski definition) is 4. The summed E-state index contributed by atoms with van der Waals surface area (Å²) >= 11 is 0. The lowest BCUT2D eigenvalue weighted by Crippen LogP contribution is -2.54. The third kappa shape index (κ3) is 3.07. The lowest BCUT2D eigenvalue weighted by Gasteiger charge is -2.33. The molecule has 1 aliphatic heterocycles. The van der Waals surface area contributed by atoms with Gasteiger partial charge in [0.15, 0.2) is 0 Å². The first-order valence-electron chi connectivity index (χ1n) is 6.86. The highest BCUT2D eigenvalue weighted by atomic mass is 16.2. The number of aromatic nitrogens is 1. The van der Waals surface area contributed by atoms with Gasteiger partial charge in [0.25, 0.3) is 0 Å². The number of rotatable bonds is 5. The maximum absolute atomic E-state index is 12.1. The zero-order valence-electron chi connectivity index (χ0n) is 11.9. The Balaban J connectivity index is 2.03. The van der Waals surface area contributed by atoms with Gasteiger partial charge >= 0.3 is 11.8 Å². The quantitative estimate of drug-likeness (QED) is 0.804. The lowest BCUT2D eigenvalue weighted by molar-refractivity contribution is -0.156. The summed E-state index contributed by atoms with van der Waals surface area (Å²) in [6.45, 7) is 4.18. The smallest absolute Gasteiger partial charge is 0.312 e. The van der Waals surface area contributed by atoms with Crippen molar-refractivity contribution in [1.82, 2.24) is 14.8 Å². The molecule has 0 spiro atoms. The van der Waals surface area contributed by atoms with E-state index in [1.807, 2.05) is 26.1 Å². The molecule has 0 unspecified atom stereocenters. The van der Waals surface area contributed by atoms with E-state index in [1.165, 1.54) is 0 Å². The van der Waals surface area contributed by atoms with Crippen LogP contribution in [0.2, 0.25) is 0 Å². The molecule has 1 aromatic heterocycles. The molecule has 0 bridgehead atoms. The predicted octanol–water partition coefficient (Wildman–Crippen LogP) is 0.704. The highest BCUT2D eigenvalue weighted by molar-refractivity contribution is 6.35. The molecule has 1 saturated heterocycles. The minimum absolute atomic E-state index is 0.375. The Labute approximate surface area is 118 Å². The van der Waals surface area contributed by atoms with E-state index in [0.717, 1.165) is 17.8 Å². The summed E-state index contributed by atoms with van der Waals surface area (Å²) in [6, 6.07) is 3.74. The third-order valence-electron chi connectivity index (χ3n) is 3.35. The molecule has 1 N–H and O–H groups in total. The van der Waals surface area contributed by atoms with Crippen LogP contribution in [0.3, 0.4) is 0 Å². The fraction of sp³-hybridized carbons (Fsp3) is 0.500. The van der Waals surface area contributed by atoms with Crippen LogP contribution in [-0.4, -0.2) is 53.3 Å². The van der Waals surface area contributed by atoms with Crippen molar-refractivity contribution in [2.24, 2.45) is 0 Å². The van der Waals surface area contributed by atoms with E-state index in [4.69, 9.17) is 0 Å². The fourth-order valence-electron chi connectivity index (χ4n) is 2.26. The van der Waals surface area contributed by atoms with Gasteiger partial charge < -0.3 is 15.1 Å². The normalized spacial score (nSPS) is 15.7. The molecule has 2 heterocycles. The van der Waals surface area contributed by atoms with E-state index in [0.29, 0.717) is 26.2 Å². The fourth-order valence-corrected chi connectivity index (χ4v) is 2.26. The largest absolute Gasteiger partial charge is 0.388 e. The van der Waals surface area contributed by atoms with Crippen LogP contribution in [0.1, 0.15) is 19.0 Å².